The Hall–Kier alpha value is -1.69. The second-order valence-electron chi connectivity index (χ2n) is 4.10. The molecule has 0 aliphatic carbocycles. The topological polar surface area (TPSA) is 58.6 Å². The van der Waals surface area contributed by atoms with Gasteiger partial charge in [0.2, 0.25) is 0 Å². The lowest BCUT2D eigenvalue weighted by molar-refractivity contribution is -0.140. The summed E-state index contributed by atoms with van der Waals surface area (Å²) in [4.78, 5) is 10.9. The van der Waals surface area contributed by atoms with Crippen LogP contribution in [0.3, 0.4) is 0 Å². The number of benzene rings is 1. The number of hydrogen-bond acceptors (Lipinski definition) is 3. The van der Waals surface area contributed by atoms with Gasteiger partial charge < -0.3 is 9.84 Å². The van der Waals surface area contributed by atoms with Crippen LogP contribution >= 0.6 is 0 Å². The molecule has 0 aromatic heterocycles. The predicted octanol–water partition coefficient (Wildman–Crippen LogP) is 1.79. The highest BCUT2D eigenvalue weighted by Crippen LogP contribution is 2.18. The molecule has 0 aliphatic rings. The number of halogens is 2. The first-order valence-electron chi connectivity index (χ1n) is 5.47. The highest BCUT2D eigenvalue weighted by molar-refractivity contribution is 5.73. The average molecular weight is 259 g/mol. The molecule has 0 aliphatic heterocycles. The molecule has 0 amide bonds. The van der Waals surface area contributed by atoms with E-state index in [4.69, 9.17) is 9.84 Å². The van der Waals surface area contributed by atoms with Gasteiger partial charge in [-0.15, -0.1) is 0 Å². The van der Waals surface area contributed by atoms with Gasteiger partial charge in [-0.25, -0.2) is 8.78 Å². The van der Waals surface area contributed by atoms with E-state index in [0.29, 0.717) is 0 Å². The van der Waals surface area contributed by atoms with Crippen molar-refractivity contribution in [1.82, 2.24) is 5.32 Å². The number of nitrogens with one attached hydrogen (secondary N) is 1. The van der Waals surface area contributed by atoms with Crippen molar-refractivity contribution in [1.29, 1.82) is 0 Å². The van der Waals surface area contributed by atoms with Gasteiger partial charge in [0.05, 0.1) is 0 Å². The fraction of sp³-hybridized carbons (Fsp3) is 0.417. The van der Waals surface area contributed by atoms with Crippen LogP contribution in [-0.2, 0) is 4.79 Å². The zero-order valence-electron chi connectivity index (χ0n) is 10.1. The van der Waals surface area contributed by atoms with Gasteiger partial charge in [0.25, 0.3) is 0 Å². The second kappa shape index (κ2) is 6.30. The van der Waals surface area contributed by atoms with E-state index < -0.39 is 23.6 Å². The first-order valence-corrected chi connectivity index (χ1v) is 5.47. The van der Waals surface area contributed by atoms with E-state index in [9.17, 15) is 13.6 Å². The van der Waals surface area contributed by atoms with Gasteiger partial charge in [-0.1, -0.05) is 13.8 Å². The number of rotatable bonds is 6. The molecule has 1 aromatic rings. The highest BCUT2D eigenvalue weighted by atomic mass is 19.1. The molecular formula is C12H15F2NO3. The van der Waals surface area contributed by atoms with Gasteiger partial charge >= 0.3 is 5.97 Å². The second-order valence-corrected chi connectivity index (χ2v) is 4.10. The van der Waals surface area contributed by atoms with Crippen molar-refractivity contribution < 1.29 is 23.4 Å². The van der Waals surface area contributed by atoms with Crippen molar-refractivity contribution in [3.8, 4) is 5.75 Å². The summed E-state index contributed by atoms with van der Waals surface area (Å²) in [7, 11) is 0. The van der Waals surface area contributed by atoms with E-state index in [1.165, 1.54) is 0 Å². The summed E-state index contributed by atoms with van der Waals surface area (Å²) in [6.07, 6.45) is 0. The normalized spacial score (nSPS) is 12.5. The molecule has 100 valence electrons. The number of ether oxygens (including phenoxy) is 1. The molecule has 0 saturated heterocycles. The predicted molar refractivity (Wildman–Crippen MR) is 61.5 cm³/mol. The Morgan fingerprint density at radius 1 is 1.44 bits per heavy atom. The fourth-order valence-electron chi connectivity index (χ4n) is 1.35. The summed E-state index contributed by atoms with van der Waals surface area (Å²) in [5.41, 5.74) is 0. The van der Waals surface area contributed by atoms with E-state index in [1.54, 1.807) is 13.8 Å². The average Bonchev–Trinajstić information content (AvgIpc) is 2.27. The fourth-order valence-corrected chi connectivity index (χ4v) is 1.35. The van der Waals surface area contributed by atoms with Crippen molar-refractivity contribution in [2.75, 3.05) is 6.61 Å². The van der Waals surface area contributed by atoms with Crippen LogP contribution < -0.4 is 10.1 Å². The van der Waals surface area contributed by atoms with Gasteiger partial charge in [0.15, 0.2) is 11.6 Å². The van der Waals surface area contributed by atoms with Gasteiger partial charge in [-0.3, -0.25) is 10.1 Å². The minimum Gasteiger partial charge on any atom is -0.488 e. The Balaban J connectivity index is 2.66. The lowest BCUT2D eigenvalue weighted by Crippen LogP contribution is -2.44. The number of carboxylic acid groups (broad SMARTS) is 1. The van der Waals surface area contributed by atoms with Crippen LogP contribution in [0, 0.1) is 11.6 Å². The Labute approximate surface area is 104 Å². The Bertz CT molecular complexity index is 424. The number of carboxylic acids is 1. The van der Waals surface area contributed by atoms with E-state index >= 15 is 0 Å². The summed E-state index contributed by atoms with van der Waals surface area (Å²) in [6, 6.07) is 1.73. The molecule has 2 N–H and O–H groups in total. The van der Waals surface area contributed by atoms with Crippen LogP contribution in [0.15, 0.2) is 18.2 Å². The van der Waals surface area contributed by atoms with Gasteiger partial charge in [0.1, 0.15) is 18.5 Å². The maximum atomic E-state index is 13.2. The molecule has 0 radical (unpaired) electrons. The molecule has 18 heavy (non-hydrogen) atoms. The Kier molecular flexibility index (Phi) is 5.03. The summed E-state index contributed by atoms with van der Waals surface area (Å²) in [5.74, 6) is -2.78. The SMILES string of the molecule is CC(C)NC(COc1cc(F)ccc1F)C(=O)O. The van der Waals surface area contributed by atoms with Crippen LogP contribution in [0.2, 0.25) is 0 Å². The molecule has 0 saturated carbocycles. The third kappa shape index (κ3) is 4.29. The Morgan fingerprint density at radius 2 is 2.11 bits per heavy atom. The molecule has 0 fully saturated rings. The van der Waals surface area contributed by atoms with Crippen LogP contribution in [0.25, 0.3) is 0 Å². The first-order chi connectivity index (χ1) is 8.40. The zero-order valence-corrected chi connectivity index (χ0v) is 10.1. The Morgan fingerprint density at radius 3 is 2.67 bits per heavy atom. The maximum Gasteiger partial charge on any atom is 0.324 e. The summed E-state index contributed by atoms with van der Waals surface area (Å²) < 4.78 is 31.1. The van der Waals surface area contributed by atoms with Crippen LogP contribution in [0.1, 0.15) is 13.8 Å². The van der Waals surface area contributed by atoms with Gasteiger partial charge in [-0.2, -0.15) is 0 Å². The maximum absolute atomic E-state index is 13.2. The molecule has 0 heterocycles. The molecule has 0 bridgehead atoms. The molecule has 1 rings (SSSR count). The van der Waals surface area contributed by atoms with E-state index in [1.807, 2.05) is 0 Å². The van der Waals surface area contributed by atoms with Crippen molar-refractivity contribution >= 4 is 5.97 Å². The number of hydrogen-bond donors (Lipinski definition) is 2. The number of aliphatic carboxylic acids is 1. The standard InChI is InChI=1S/C12H15F2NO3/c1-7(2)15-10(12(16)17)6-18-11-5-8(13)3-4-9(11)14/h3-5,7,10,15H,6H2,1-2H3,(H,16,17). The summed E-state index contributed by atoms with van der Waals surface area (Å²) in [6.45, 7) is 3.27. The monoisotopic (exact) mass is 259 g/mol. The molecule has 1 unspecified atom stereocenters. The number of carbonyl (C=O) groups is 1. The molecule has 1 aromatic carbocycles. The zero-order chi connectivity index (χ0) is 13.7. The molecule has 6 heteroatoms. The largest absolute Gasteiger partial charge is 0.488 e. The molecule has 1 atom stereocenters. The van der Waals surface area contributed by atoms with Crippen molar-refractivity contribution in [3.05, 3.63) is 29.8 Å². The van der Waals surface area contributed by atoms with E-state index in [2.05, 4.69) is 5.32 Å². The quantitative estimate of drug-likeness (QED) is 0.817. The third-order valence-electron chi connectivity index (χ3n) is 2.13. The molecular weight excluding hydrogens is 244 g/mol. The van der Waals surface area contributed by atoms with E-state index in [-0.39, 0.29) is 18.4 Å². The van der Waals surface area contributed by atoms with Crippen LogP contribution in [-0.4, -0.2) is 29.8 Å². The third-order valence-corrected chi connectivity index (χ3v) is 2.13. The first kappa shape index (κ1) is 14.4. The van der Waals surface area contributed by atoms with Gasteiger partial charge in [-0.05, 0) is 12.1 Å². The van der Waals surface area contributed by atoms with Crippen molar-refractivity contribution in [3.63, 3.8) is 0 Å². The van der Waals surface area contributed by atoms with Crippen LogP contribution in [0.5, 0.6) is 5.75 Å². The minimum absolute atomic E-state index is 0.0629. The van der Waals surface area contributed by atoms with Gasteiger partial charge in [0, 0.05) is 12.1 Å². The minimum atomic E-state index is -1.11. The van der Waals surface area contributed by atoms with Crippen molar-refractivity contribution in [2.45, 2.75) is 25.9 Å². The summed E-state index contributed by atoms with van der Waals surface area (Å²) in [5, 5.41) is 11.7. The van der Waals surface area contributed by atoms with Crippen LogP contribution in [0.4, 0.5) is 8.78 Å². The highest BCUT2D eigenvalue weighted by Gasteiger charge is 2.19. The summed E-state index contributed by atoms with van der Waals surface area (Å²) >= 11 is 0. The van der Waals surface area contributed by atoms with Crippen molar-refractivity contribution in [2.24, 2.45) is 0 Å². The lowest BCUT2D eigenvalue weighted by Gasteiger charge is -2.18. The molecule has 4 nitrogen and oxygen atoms in total. The van der Waals surface area contributed by atoms with E-state index in [0.717, 1.165) is 18.2 Å². The lowest BCUT2D eigenvalue weighted by atomic mass is 10.2. The smallest absolute Gasteiger partial charge is 0.324 e. The molecule has 0 spiro atoms.